The molecular weight excluding hydrogens is 344 g/mol. The summed E-state index contributed by atoms with van der Waals surface area (Å²) >= 11 is 0. The summed E-state index contributed by atoms with van der Waals surface area (Å²) in [6.07, 6.45) is 1.23. The Labute approximate surface area is 161 Å². The van der Waals surface area contributed by atoms with Gasteiger partial charge in [0.15, 0.2) is 6.04 Å². The van der Waals surface area contributed by atoms with Gasteiger partial charge in [0.05, 0.1) is 25.8 Å². The highest BCUT2D eigenvalue weighted by Gasteiger charge is 2.42. The van der Waals surface area contributed by atoms with Crippen LogP contribution in [0.15, 0.2) is 24.3 Å². The third kappa shape index (κ3) is 5.06. The standard InChI is InChI=1S/C20H30N4O3/c1-3-14-27-17-6-4-16(5-7-17)24-19(25)15-18(20(24)26)21-8-9-23-12-10-22(2)11-13-23/h4-7,18,21H,3,8-15H2,1-2H3/p+3/t18-/m1/s1. The monoisotopic (exact) mass is 377 g/mol. The number of nitrogens with zero attached hydrogens (tertiary/aromatic N) is 1. The molecule has 0 saturated carbocycles. The zero-order valence-electron chi connectivity index (χ0n) is 16.5. The molecule has 2 aliphatic heterocycles. The lowest BCUT2D eigenvalue weighted by Gasteiger charge is -2.26. The second-order valence-electron chi connectivity index (χ2n) is 7.70. The van der Waals surface area contributed by atoms with Crippen molar-refractivity contribution in [1.29, 1.82) is 0 Å². The first kappa shape index (κ1) is 19.8. The van der Waals surface area contributed by atoms with E-state index in [0.717, 1.165) is 25.3 Å². The van der Waals surface area contributed by atoms with Crippen LogP contribution >= 0.6 is 0 Å². The van der Waals surface area contributed by atoms with Gasteiger partial charge in [-0.3, -0.25) is 9.59 Å². The van der Waals surface area contributed by atoms with Gasteiger partial charge in [-0.2, -0.15) is 0 Å². The minimum Gasteiger partial charge on any atom is -0.494 e. The number of piperazine rings is 1. The van der Waals surface area contributed by atoms with Crippen LogP contribution < -0.4 is 24.8 Å². The van der Waals surface area contributed by atoms with Crippen molar-refractivity contribution in [3.05, 3.63) is 24.3 Å². The summed E-state index contributed by atoms with van der Waals surface area (Å²) in [5.41, 5.74) is 0.636. The number of rotatable bonds is 8. The third-order valence-electron chi connectivity index (χ3n) is 5.51. The molecule has 2 heterocycles. The Balaban J connectivity index is 1.50. The van der Waals surface area contributed by atoms with Gasteiger partial charge in [-0.1, -0.05) is 6.92 Å². The van der Waals surface area contributed by atoms with E-state index >= 15 is 0 Å². The van der Waals surface area contributed by atoms with Crippen LogP contribution in [0.5, 0.6) is 5.75 Å². The molecule has 27 heavy (non-hydrogen) atoms. The largest absolute Gasteiger partial charge is 0.494 e. The third-order valence-corrected chi connectivity index (χ3v) is 5.51. The van der Waals surface area contributed by atoms with E-state index in [9.17, 15) is 9.59 Å². The van der Waals surface area contributed by atoms with E-state index in [1.165, 1.54) is 31.1 Å². The van der Waals surface area contributed by atoms with Crippen LogP contribution in [0.3, 0.4) is 0 Å². The number of nitrogens with one attached hydrogen (secondary N) is 2. The van der Waals surface area contributed by atoms with Gasteiger partial charge in [-0.25, -0.2) is 4.90 Å². The molecule has 0 aromatic heterocycles. The molecule has 2 amide bonds. The predicted molar refractivity (Wildman–Crippen MR) is 102 cm³/mol. The van der Waals surface area contributed by atoms with Gasteiger partial charge in [-0.15, -0.1) is 0 Å². The Hall–Kier alpha value is -1.96. The molecule has 2 fully saturated rings. The second kappa shape index (κ2) is 9.30. The maximum Gasteiger partial charge on any atom is 0.292 e. The Bertz CT molecular complexity index is 641. The fourth-order valence-corrected chi connectivity index (χ4v) is 3.79. The van der Waals surface area contributed by atoms with Crippen LogP contribution in [-0.2, 0) is 9.59 Å². The van der Waals surface area contributed by atoms with Gasteiger partial charge >= 0.3 is 0 Å². The zero-order valence-corrected chi connectivity index (χ0v) is 16.5. The molecule has 7 heteroatoms. The minimum atomic E-state index is -0.286. The highest BCUT2D eigenvalue weighted by molar-refractivity contribution is 6.21. The summed E-state index contributed by atoms with van der Waals surface area (Å²) in [5.74, 6) is 0.555. The van der Waals surface area contributed by atoms with E-state index in [1.54, 1.807) is 21.9 Å². The molecule has 0 unspecified atom stereocenters. The number of benzene rings is 1. The van der Waals surface area contributed by atoms with E-state index in [-0.39, 0.29) is 24.3 Å². The van der Waals surface area contributed by atoms with Crippen LogP contribution in [0.4, 0.5) is 5.69 Å². The molecule has 0 radical (unpaired) electrons. The van der Waals surface area contributed by atoms with Crippen molar-refractivity contribution in [3.8, 4) is 5.75 Å². The lowest BCUT2D eigenvalue weighted by Crippen LogP contribution is -3.27. The summed E-state index contributed by atoms with van der Waals surface area (Å²) in [6, 6.07) is 6.94. The smallest absolute Gasteiger partial charge is 0.292 e. The van der Waals surface area contributed by atoms with Crippen molar-refractivity contribution in [2.45, 2.75) is 25.8 Å². The number of amides is 2. The van der Waals surface area contributed by atoms with Gasteiger partial charge in [0.1, 0.15) is 45.0 Å². The zero-order chi connectivity index (χ0) is 19.2. The lowest BCUT2D eigenvalue weighted by atomic mass is 10.2. The van der Waals surface area contributed by atoms with Gasteiger partial charge in [0.2, 0.25) is 5.91 Å². The van der Waals surface area contributed by atoms with Gasteiger partial charge < -0.3 is 19.9 Å². The Kier molecular flexibility index (Phi) is 6.82. The molecule has 1 aromatic rings. The molecule has 3 rings (SSSR count). The summed E-state index contributed by atoms with van der Waals surface area (Å²) < 4.78 is 5.57. The first-order chi connectivity index (χ1) is 13.1. The van der Waals surface area contributed by atoms with Crippen LogP contribution in [0.2, 0.25) is 0 Å². The van der Waals surface area contributed by atoms with Crippen molar-refractivity contribution in [3.63, 3.8) is 0 Å². The molecule has 0 aliphatic carbocycles. The number of carbonyl (C=O) groups excluding carboxylic acids is 2. The molecule has 1 atom stereocenters. The number of likely N-dealkylation sites (N-methyl/N-ethyl adjacent to an activating group) is 1. The van der Waals surface area contributed by atoms with Crippen LogP contribution in [0.25, 0.3) is 0 Å². The average molecular weight is 378 g/mol. The predicted octanol–water partition coefficient (Wildman–Crippen LogP) is -2.92. The van der Waals surface area contributed by atoms with Crippen molar-refractivity contribution >= 4 is 17.5 Å². The molecule has 0 spiro atoms. The highest BCUT2D eigenvalue weighted by Crippen LogP contribution is 2.24. The maximum atomic E-state index is 12.7. The fraction of sp³-hybridized carbons (Fsp3) is 0.600. The summed E-state index contributed by atoms with van der Waals surface area (Å²) in [6.45, 7) is 9.45. The Morgan fingerprint density at radius 2 is 1.85 bits per heavy atom. The van der Waals surface area contributed by atoms with Gasteiger partial charge in [0.25, 0.3) is 5.91 Å². The van der Waals surface area contributed by atoms with Gasteiger partial charge in [-0.05, 0) is 30.7 Å². The molecule has 2 aliphatic rings. The molecule has 1 aromatic carbocycles. The van der Waals surface area contributed by atoms with E-state index in [1.807, 2.05) is 12.1 Å². The molecular formula is C20H33N4O3+3. The number of imide groups is 1. The number of hydrogen-bond acceptors (Lipinski definition) is 3. The fourth-order valence-electron chi connectivity index (χ4n) is 3.79. The maximum absolute atomic E-state index is 12.7. The Morgan fingerprint density at radius 3 is 2.52 bits per heavy atom. The van der Waals surface area contributed by atoms with Crippen molar-refractivity contribution < 1.29 is 29.4 Å². The number of nitrogens with two attached hydrogens (primary N) is 1. The summed E-state index contributed by atoms with van der Waals surface area (Å²) in [5, 5.41) is 2.05. The topological polar surface area (TPSA) is 72.1 Å². The van der Waals surface area contributed by atoms with E-state index in [2.05, 4.69) is 19.3 Å². The summed E-state index contributed by atoms with van der Waals surface area (Å²) in [7, 11) is 2.24. The van der Waals surface area contributed by atoms with Crippen molar-refractivity contribution in [1.82, 2.24) is 0 Å². The minimum absolute atomic E-state index is 0.0972. The van der Waals surface area contributed by atoms with Crippen LogP contribution in [0.1, 0.15) is 19.8 Å². The lowest BCUT2D eigenvalue weighted by molar-refractivity contribution is -1.01. The van der Waals surface area contributed by atoms with Gasteiger partial charge in [0, 0.05) is 0 Å². The van der Waals surface area contributed by atoms with Crippen LogP contribution in [-0.4, -0.2) is 70.8 Å². The van der Waals surface area contributed by atoms with Crippen molar-refractivity contribution in [2.24, 2.45) is 0 Å². The quantitative estimate of drug-likeness (QED) is 0.425. The Morgan fingerprint density at radius 1 is 1.15 bits per heavy atom. The van der Waals surface area contributed by atoms with E-state index in [0.29, 0.717) is 12.3 Å². The normalized spacial score (nSPS) is 25.9. The van der Waals surface area contributed by atoms with Crippen LogP contribution in [0, 0.1) is 0 Å². The molecule has 2 saturated heterocycles. The second-order valence-corrected chi connectivity index (χ2v) is 7.70. The molecule has 148 valence electrons. The number of quaternary nitrogens is 3. The number of anilines is 1. The number of carbonyl (C=O) groups is 2. The molecule has 4 N–H and O–H groups in total. The summed E-state index contributed by atoms with van der Waals surface area (Å²) in [4.78, 5) is 29.7. The first-order valence-electron chi connectivity index (χ1n) is 10.2. The molecule has 7 nitrogen and oxygen atoms in total. The molecule has 0 bridgehead atoms. The van der Waals surface area contributed by atoms with E-state index in [4.69, 9.17) is 4.74 Å². The number of ether oxygens (including phenoxy) is 1. The SMILES string of the molecule is CCCOc1ccc(N2C(=O)C[C@@H]([NH2+]CC[NH+]3CC[NH+](C)CC3)C2=O)cc1. The van der Waals surface area contributed by atoms with E-state index < -0.39 is 0 Å². The van der Waals surface area contributed by atoms with Crippen molar-refractivity contribution in [2.75, 3.05) is 57.8 Å². The highest BCUT2D eigenvalue weighted by atomic mass is 16.5. The average Bonchev–Trinajstić information content (AvgIpc) is 2.96. The number of hydrogen-bond donors (Lipinski definition) is 3. The first-order valence-corrected chi connectivity index (χ1v) is 10.2.